The Balaban J connectivity index is 1.72. The van der Waals surface area contributed by atoms with Crippen molar-refractivity contribution in [2.45, 2.75) is 36.1 Å². The minimum absolute atomic E-state index is 0.0145. The molecule has 10 nitrogen and oxygen atoms in total. The quantitative estimate of drug-likeness (QED) is 0.159. The summed E-state index contributed by atoms with van der Waals surface area (Å²) >= 11 is 0. The normalized spacial score (nSPS) is 22.5. The van der Waals surface area contributed by atoms with Crippen LogP contribution in [0.25, 0.3) is 5.76 Å². The molecule has 2 aromatic rings. The van der Waals surface area contributed by atoms with E-state index < -0.39 is 44.5 Å². The van der Waals surface area contributed by atoms with Crippen molar-refractivity contribution in [3.63, 3.8) is 0 Å². The number of ether oxygens (including phenoxy) is 1. The summed E-state index contributed by atoms with van der Waals surface area (Å²) in [4.78, 5) is 44.2. The first kappa shape index (κ1) is 28.7. The number of amides is 2. The van der Waals surface area contributed by atoms with Gasteiger partial charge in [0.25, 0.3) is 17.6 Å². The lowest BCUT2D eigenvalue weighted by Gasteiger charge is -2.34. The van der Waals surface area contributed by atoms with Crippen molar-refractivity contribution in [3.8, 4) is 0 Å². The zero-order valence-electron chi connectivity index (χ0n) is 22.9. The molecule has 0 bridgehead atoms. The zero-order chi connectivity index (χ0) is 29.4. The van der Waals surface area contributed by atoms with E-state index in [4.69, 9.17) is 4.74 Å². The molecular weight excluding hydrogens is 546 g/mol. The molecule has 11 heteroatoms. The van der Waals surface area contributed by atoms with Crippen LogP contribution in [0.1, 0.15) is 36.8 Å². The minimum Gasteiger partial charge on any atom is -0.507 e. The number of piperidine rings is 1. The lowest BCUT2D eigenvalue weighted by atomic mass is 9.82. The Morgan fingerprint density at radius 1 is 1.07 bits per heavy atom. The van der Waals surface area contributed by atoms with Crippen LogP contribution in [0.2, 0.25) is 0 Å². The Hall–Kier alpha value is -3.80. The predicted molar refractivity (Wildman–Crippen MR) is 152 cm³/mol. The van der Waals surface area contributed by atoms with Crippen molar-refractivity contribution < 1.29 is 32.6 Å². The third-order valence-electron chi connectivity index (χ3n) is 7.91. The Morgan fingerprint density at radius 3 is 2.51 bits per heavy atom. The van der Waals surface area contributed by atoms with Crippen LogP contribution >= 0.6 is 0 Å². The molecule has 2 amide bonds. The molecule has 3 aliphatic heterocycles. The van der Waals surface area contributed by atoms with Crippen molar-refractivity contribution >= 4 is 39.1 Å². The number of sulfonamides is 1. The van der Waals surface area contributed by atoms with Crippen LogP contribution in [0.4, 0.5) is 5.69 Å². The number of anilines is 1. The molecule has 2 aromatic carbocycles. The number of likely N-dealkylation sites (tertiary alicyclic amines) is 1. The average Bonchev–Trinajstić information content (AvgIpc) is 3.36. The van der Waals surface area contributed by atoms with Gasteiger partial charge in [-0.3, -0.25) is 14.4 Å². The maximum Gasteiger partial charge on any atom is 0.296 e. The summed E-state index contributed by atoms with van der Waals surface area (Å²) in [6, 6.07) is 12.5. The molecule has 41 heavy (non-hydrogen) atoms. The van der Waals surface area contributed by atoms with Crippen molar-refractivity contribution in [2.24, 2.45) is 0 Å². The van der Waals surface area contributed by atoms with Crippen LogP contribution in [0.15, 0.2) is 71.7 Å². The molecule has 2 fully saturated rings. The molecule has 0 saturated carbocycles. The number of aliphatic hydroxyl groups is 1. The van der Waals surface area contributed by atoms with Crippen molar-refractivity contribution in [3.05, 3.63) is 77.9 Å². The van der Waals surface area contributed by atoms with Gasteiger partial charge in [0.15, 0.2) is 5.54 Å². The van der Waals surface area contributed by atoms with Crippen LogP contribution in [0, 0.1) is 0 Å². The maximum atomic E-state index is 14.3. The van der Waals surface area contributed by atoms with Crippen LogP contribution in [0.5, 0.6) is 0 Å². The van der Waals surface area contributed by atoms with Crippen molar-refractivity contribution in [1.82, 2.24) is 9.21 Å². The lowest BCUT2D eigenvalue weighted by Crippen LogP contribution is -2.52. The number of benzene rings is 2. The number of ketones is 1. The highest BCUT2D eigenvalue weighted by Gasteiger charge is 2.66. The van der Waals surface area contributed by atoms with E-state index >= 15 is 0 Å². The zero-order valence-corrected chi connectivity index (χ0v) is 23.7. The van der Waals surface area contributed by atoms with E-state index in [1.807, 2.05) is 0 Å². The fourth-order valence-electron chi connectivity index (χ4n) is 6.05. The number of aliphatic hydroxyl groups excluding tert-OH is 1. The monoisotopic (exact) mass is 579 g/mol. The van der Waals surface area contributed by atoms with Crippen LogP contribution in [0.3, 0.4) is 0 Å². The molecule has 0 aliphatic carbocycles. The molecule has 3 heterocycles. The highest BCUT2D eigenvalue weighted by molar-refractivity contribution is 7.89. The first-order valence-electron chi connectivity index (χ1n) is 13.6. The molecule has 1 atom stereocenters. The average molecular weight is 580 g/mol. The minimum atomic E-state index is -3.86. The van der Waals surface area contributed by atoms with E-state index in [0.717, 1.165) is 19.3 Å². The molecule has 3 aliphatic rings. The number of fused-ring (bicyclic) bond motifs is 2. The SMILES string of the molecule is C=CCN1C(=O)C2(/C(=C(/O)c3cccc(S(=O)(=O)N4CCCCC4)c3)C(=O)C(=O)N2CCCOC)c2ccccc21. The summed E-state index contributed by atoms with van der Waals surface area (Å²) < 4.78 is 33.4. The Morgan fingerprint density at radius 2 is 1.80 bits per heavy atom. The predicted octanol–water partition coefficient (Wildman–Crippen LogP) is 3.01. The van der Waals surface area contributed by atoms with E-state index in [1.54, 1.807) is 30.3 Å². The Kier molecular flexibility index (Phi) is 7.87. The van der Waals surface area contributed by atoms with Gasteiger partial charge >= 0.3 is 0 Å². The largest absolute Gasteiger partial charge is 0.507 e. The molecule has 1 unspecified atom stereocenters. The van der Waals surface area contributed by atoms with E-state index in [9.17, 15) is 27.9 Å². The molecule has 1 N–H and O–H groups in total. The number of nitrogens with zero attached hydrogens (tertiary/aromatic N) is 3. The number of para-hydroxylation sites is 1. The number of methoxy groups -OCH3 is 1. The second-order valence-electron chi connectivity index (χ2n) is 10.3. The summed E-state index contributed by atoms with van der Waals surface area (Å²) in [5.41, 5.74) is -1.44. The van der Waals surface area contributed by atoms with Crippen LogP contribution in [-0.2, 0) is 34.7 Å². The third kappa shape index (κ3) is 4.48. The number of carbonyl (C=O) groups excluding carboxylic acids is 3. The third-order valence-corrected chi connectivity index (χ3v) is 9.81. The van der Waals surface area contributed by atoms with Gasteiger partial charge in [0.05, 0.1) is 16.2 Å². The number of Topliss-reactive ketones (excluding diaryl/α,β-unsaturated/α-hetero) is 1. The summed E-state index contributed by atoms with van der Waals surface area (Å²) in [6.45, 7) is 4.96. The molecule has 2 saturated heterocycles. The fourth-order valence-corrected chi connectivity index (χ4v) is 7.61. The summed E-state index contributed by atoms with van der Waals surface area (Å²) in [7, 11) is -2.35. The Labute approximate surface area is 239 Å². The van der Waals surface area contributed by atoms with Gasteiger partial charge in [-0.1, -0.05) is 42.8 Å². The van der Waals surface area contributed by atoms with E-state index in [0.29, 0.717) is 30.8 Å². The van der Waals surface area contributed by atoms with Crippen LogP contribution < -0.4 is 4.90 Å². The standard InChI is InChI=1S/C30H33N3O7S/c1-3-15-32-24-14-6-5-13-23(24)30(29(32)37)25(27(35)28(36)33(30)18-10-19-40-2)26(34)21-11-9-12-22(20-21)41(38,39)31-16-7-4-8-17-31/h3,5-6,9,11-14,20,34H,1,4,7-8,10,15-19H2,2H3/b26-25+. The van der Waals surface area contributed by atoms with Gasteiger partial charge in [-0.25, -0.2) is 8.42 Å². The summed E-state index contributed by atoms with van der Waals surface area (Å²) in [6.07, 6.45) is 4.35. The topological polar surface area (TPSA) is 125 Å². The Bertz CT molecular complexity index is 1540. The smallest absolute Gasteiger partial charge is 0.296 e. The first-order chi connectivity index (χ1) is 19.7. The summed E-state index contributed by atoms with van der Waals surface area (Å²) in [5.74, 6) is -3.14. The van der Waals surface area contributed by atoms with Gasteiger partial charge in [-0.05, 0) is 37.5 Å². The van der Waals surface area contributed by atoms with Gasteiger partial charge in [0, 0.05) is 51.0 Å². The molecular formula is C30H33N3O7S. The number of rotatable bonds is 9. The number of carbonyl (C=O) groups is 3. The van der Waals surface area contributed by atoms with Gasteiger partial charge in [0.2, 0.25) is 10.0 Å². The van der Waals surface area contributed by atoms with Crippen molar-refractivity contribution in [1.29, 1.82) is 0 Å². The van der Waals surface area contributed by atoms with Gasteiger partial charge in [-0.15, -0.1) is 6.58 Å². The first-order valence-corrected chi connectivity index (χ1v) is 15.1. The van der Waals surface area contributed by atoms with E-state index in [2.05, 4.69) is 6.58 Å². The van der Waals surface area contributed by atoms with Gasteiger partial charge in [-0.2, -0.15) is 4.31 Å². The van der Waals surface area contributed by atoms with Crippen LogP contribution in [-0.4, -0.2) is 80.2 Å². The molecule has 1 spiro atoms. The van der Waals surface area contributed by atoms with E-state index in [1.165, 1.54) is 45.5 Å². The molecule has 0 aromatic heterocycles. The summed E-state index contributed by atoms with van der Waals surface area (Å²) in [5, 5.41) is 11.7. The maximum absolute atomic E-state index is 14.3. The van der Waals surface area contributed by atoms with Gasteiger partial charge < -0.3 is 19.6 Å². The van der Waals surface area contributed by atoms with Crippen molar-refractivity contribution in [2.75, 3.05) is 44.8 Å². The number of hydrogen-bond acceptors (Lipinski definition) is 7. The molecule has 0 radical (unpaired) electrons. The van der Waals surface area contributed by atoms with Gasteiger partial charge in [0.1, 0.15) is 5.76 Å². The highest BCUT2D eigenvalue weighted by Crippen LogP contribution is 2.53. The second-order valence-corrected chi connectivity index (χ2v) is 12.2. The second kappa shape index (κ2) is 11.2. The fraction of sp³-hybridized carbons (Fsp3) is 0.367. The lowest BCUT2D eigenvalue weighted by molar-refractivity contribution is -0.143. The number of hydrogen-bond donors (Lipinski definition) is 1. The molecule has 5 rings (SSSR count). The van der Waals surface area contributed by atoms with E-state index in [-0.39, 0.29) is 30.2 Å². The molecule has 216 valence electrons. The highest BCUT2D eigenvalue weighted by atomic mass is 32.2.